The summed E-state index contributed by atoms with van der Waals surface area (Å²) in [6, 6.07) is 7.36. The highest BCUT2D eigenvalue weighted by Crippen LogP contribution is 2.35. The van der Waals surface area contributed by atoms with Crippen molar-refractivity contribution >= 4 is 17.6 Å². The van der Waals surface area contributed by atoms with Crippen molar-refractivity contribution in [3.05, 3.63) is 24.3 Å². The Labute approximate surface area is 121 Å². The molecule has 0 radical (unpaired) electrons. The topological polar surface area (TPSA) is 70.5 Å². The monoisotopic (exact) mass is 292 g/mol. The van der Waals surface area contributed by atoms with Crippen LogP contribution in [0.25, 0.3) is 11.3 Å². The summed E-state index contributed by atoms with van der Waals surface area (Å²) in [5.74, 6) is 4.60. The maximum absolute atomic E-state index is 6.03. The van der Waals surface area contributed by atoms with Crippen LogP contribution >= 0.6 is 11.8 Å². The Kier molecular flexibility index (Phi) is 3.73. The second-order valence-corrected chi connectivity index (χ2v) is 5.73. The summed E-state index contributed by atoms with van der Waals surface area (Å²) >= 11 is 1.91. The number of nitrogen functional groups attached to an aromatic ring is 1. The van der Waals surface area contributed by atoms with Crippen molar-refractivity contribution in [1.29, 1.82) is 0 Å². The summed E-state index contributed by atoms with van der Waals surface area (Å²) in [6.45, 7) is 0. The number of nitrogens with zero attached hydrogens (tertiary/aromatic N) is 1. The lowest BCUT2D eigenvalue weighted by Gasteiger charge is -2.16. The molecule has 2 heterocycles. The van der Waals surface area contributed by atoms with Gasteiger partial charge in [-0.15, -0.1) is 0 Å². The first-order valence-electron chi connectivity index (χ1n) is 6.41. The number of hydrogen-bond donors (Lipinski definition) is 1. The SMILES string of the molecule is COc1ccc(-c2cc(N)no2)cc1OC1CCSC1. The summed E-state index contributed by atoms with van der Waals surface area (Å²) in [7, 11) is 1.64. The van der Waals surface area contributed by atoms with Gasteiger partial charge in [0.1, 0.15) is 6.10 Å². The van der Waals surface area contributed by atoms with Gasteiger partial charge in [-0.2, -0.15) is 11.8 Å². The Morgan fingerprint density at radius 2 is 2.25 bits per heavy atom. The van der Waals surface area contributed by atoms with E-state index in [1.54, 1.807) is 13.2 Å². The Hall–Kier alpha value is -1.82. The zero-order valence-electron chi connectivity index (χ0n) is 11.2. The van der Waals surface area contributed by atoms with Gasteiger partial charge in [0.2, 0.25) is 0 Å². The summed E-state index contributed by atoms with van der Waals surface area (Å²) in [4.78, 5) is 0. The number of hydrogen-bond acceptors (Lipinski definition) is 6. The molecule has 2 N–H and O–H groups in total. The largest absolute Gasteiger partial charge is 0.493 e. The molecule has 5 nitrogen and oxygen atoms in total. The molecular weight excluding hydrogens is 276 g/mol. The standard InChI is InChI=1S/C14H16N2O3S/c1-17-11-3-2-9(12-7-14(15)16-19-12)6-13(11)18-10-4-5-20-8-10/h2-3,6-7,10H,4-5,8H2,1H3,(H2,15,16). The molecule has 1 unspecified atom stereocenters. The zero-order valence-corrected chi connectivity index (χ0v) is 12.0. The molecule has 106 valence electrons. The van der Waals surface area contributed by atoms with Gasteiger partial charge in [0.15, 0.2) is 23.1 Å². The first-order valence-corrected chi connectivity index (χ1v) is 7.57. The van der Waals surface area contributed by atoms with E-state index in [2.05, 4.69) is 5.16 Å². The maximum atomic E-state index is 6.03. The Morgan fingerprint density at radius 3 is 2.90 bits per heavy atom. The average Bonchev–Trinajstić information content (AvgIpc) is 3.10. The van der Waals surface area contributed by atoms with E-state index in [-0.39, 0.29) is 6.10 Å². The fourth-order valence-electron chi connectivity index (χ4n) is 2.13. The van der Waals surface area contributed by atoms with E-state index in [4.69, 9.17) is 19.7 Å². The molecule has 1 saturated heterocycles. The molecule has 1 aromatic carbocycles. The summed E-state index contributed by atoms with van der Waals surface area (Å²) in [5, 5.41) is 3.70. The predicted octanol–water partition coefficient (Wildman–Crippen LogP) is 2.82. The van der Waals surface area contributed by atoms with Gasteiger partial charge in [-0.1, -0.05) is 5.16 Å². The summed E-state index contributed by atoms with van der Waals surface area (Å²) in [6.07, 6.45) is 1.30. The van der Waals surface area contributed by atoms with Crippen LogP contribution in [0, 0.1) is 0 Å². The number of aromatic nitrogens is 1. The molecule has 3 rings (SSSR count). The lowest BCUT2D eigenvalue weighted by molar-refractivity contribution is 0.218. The molecule has 1 atom stereocenters. The average molecular weight is 292 g/mol. The smallest absolute Gasteiger partial charge is 0.169 e. The molecule has 0 bridgehead atoms. The van der Waals surface area contributed by atoms with Gasteiger partial charge in [-0.25, -0.2) is 0 Å². The first-order chi connectivity index (χ1) is 9.76. The number of methoxy groups -OCH3 is 1. The van der Waals surface area contributed by atoms with Crippen molar-refractivity contribution in [2.45, 2.75) is 12.5 Å². The van der Waals surface area contributed by atoms with Crippen LogP contribution in [0.1, 0.15) is 6.42 Å². The highest BCUT2D eigenvalue weighted by Gasteiger charge is 2.19. The van der Waals surface area contributed by atoms with Gasteiger partial charge in [-0.3, -0.25) is 0 Å². The van der Waals surface area contributed by atoms with Crippen molar-refractivity contribution in [2.75, 3.05) is 24.3 Å². The van der Waals surface area contributed by atoms with Crippen molar-refractivity contribution < 1.29 is 14.0 Å². The number of benzene rings is 1. The molecular formula is C14H16N2O3S. The van der Waals surface area contributed by atoms with Crippen LogP contribution in [0.4, 0.5) is 5.82 Å². The van der Waals surface area contributed by atoms with Gasteiger partial charge in [0.05, 0.1) is 7.11 Å². The molecule has 1 fully saturated rings. The molecule has 20 heavy (non-hydrogen) atoms. The van der Waals surface area contributed by atoms with Gasteiger partial charge in [0.25, 0.3) is 0 Å². The van der Waals surface area contributed by atoms with Gasteiger partial charge in [-0.05, 0) is 30.4 Å². The Bertz CT molecular complexity index is 594. The van der Waals surface area contributed by atoms with Crippen LogP contribution in [0.3, 0.4) is 0 Å². The van der Waals surface area contributed by atoms with E-state index in [9.17, 15) is 0 Å². The molecule has 1 aliphatic heterocycles. The molecule has 1 aliphatic rings. The molecule has 2 aromatic rings. The minimum absolute atomic E-state index is 0.240. The van der Waals surface area contributed by atoms with Gasteiger partial charge < -0.3 is 19.7 Å². The van der Waals surface area contributed by atoms with Gasteiger partial charge >= 0.3 is 0 Å². The summed E-state index contributed by atoms with van der Waals surface area (Å²) in [5.41, 5.74) is 6.45. The predicted molar refractivity (Wildman–Crippen MR) is 79.3 cm³/mol. The third-order valence-corrected chi connectivity index (χ3v) is 4.29. The molecule has 0 aliphatic carbocycles. The van der Waals surface area contributed by atoms with E-state index < -0.39 is 0 Å². The number of thioether (sulfide) groups is 1. The van der Waals surface area contributed by atoms with Crippen molar-refractivity contribution in [3.63, 3.8) is 0 Å². The molecule has 6 heteroatoms. The highest BCUT2D eigenvalue weighted by molar-refractivity contribution is 7.99. The molecule has 1 aromatic heterocycles. The van der Waals surface area contributed by atoms with E-state index in [1.807, 2.05) is 30.0 Å². The fraction of sp³-hybridized carbons (Fsp3) is 0.357. The van der Waals surface area contributed by atoms with Crippen LogP contribution in [0.2, 0.25) is 0 Å². The number of rotatable bonds is 4. The highest BCUT2D eigenvalue weighted by atomic mass is 32.2. The van der Waals surface area contributed by atoms with Gasteiger partial charge in [0, 0.05) is 17.4 Å². The Morgan fingerprint density at radius 1 is 1.35 bits per heavy atom. The van der Waals surface area contributed by atoms with E-state index in [0.717, 1.165) is 35.0 Å². The molecule has 0 spiro atoms. The third-order valence-electron chi connectivity index (χ3n) is 3.16. The number of nitrogens with two attached hydrogens (primary N) is 1. The third kappa shape index (κ3) is 2.70. The Balaban J connectivity index is 1.89. The van der Waals surface area contributed by atoms with E-state index >= 15 is 0 Å². The van der Waals surface area contributed by atoms with Crippen LogP contribution in [0.5, 0.6) is 11.5 Å². The second-order valence-electron chi connectivity index (χ2n) is 4.59. The minimum atomic E-state index is 0.240. The van der Waals surface area contributed by atoms with Crippen LogP contribution < -0.4 is 15.2 Å². The maximum Gasteiger partial charge on any atom is 0.169 e. The lowest BCUT2D eigenvalue weighted by Crippen LogP contribution is -2.15. The van der Waals surface area contributed by atoms with Crippen LogP contribution in [0.15, 0.2) is 28.8 Å². The van der Waals surface area contributed by atoms with Crippen molar-refractivity contribution in [2.24, 2.45) is 0 Å². The van der Waals surface area contributed by atoms with Crippen molar-refractivity contribution in [1.82, 2.24) is 5.16 Å². The number of ether oxygens (including phenoxy) is 2. The van der Waals surface area contributed by atoms with Crippen molar-refractivity contribution in [3.8, 4) is 22.8 Å². The van der Waals surface area contributed by atoms with Crippen LogP contribution in [-0.4, -0.2) is 29.9 Å². The molecule has 0 saturated carbocycles. The number of anilines is 1. The van der Waals surface area contributed by atoms with E-state index in [1.165, 1.54) is 0 Å². The quantitative estimate of drug-likeness (QED) is 0.934. The summed E-state index contributed by atoms with van der Waals surface area (Å²) < 4.78 is 16.5. The second kappa shape index (κ2) is 5.66. The fourth-order valence-corrected chi connectivity index (χ4v) is 3.23. The minimum Gasteiger partial charge on any atom is -0.493 e. The lowest BCUT2D eigenvalue weighted by atomic mass is 10.1. The first kappa shape index (κ1) is 13.2. The zero-order chi connectivity index (χ0) is 13.9. The molecule has 0 amide bonds. The normalized spacial score (nSPS) is 18.1. The van der Waals surface area contributed by atoms with E-state index in [0.29, 0.717) is 11.6 Å². The van der Waals surface area contributed by atoms with Crippen LogP contribution in [-0.2, 0) is 0 Å².